The van der Waals surface area contributed by atoms with Gasteiger partial charge in [-0.05, 0) is 43.3 Å². The molecule has 162 valence electrons. The number of morpholine rings is 1. The van der Waals surface area contributed by atoms with Gasteiger partial charge in [0.1, 0.15) is 5.75 Å². The number of thioether (sulfide) groups is 1. The van der Waals surface area contributed by atoms with Gasteiger partial charge in [-0.1, -0.05) is 35.5 Å². The van der Waals surface area contributed by atoms with E-state index >= 15 is 0 Å². The second-order valence-electron chi connectivity index (χ2n) is 6.86. The lowest BCUT2D eigenvalue weighted by atomic mass is 10.2. The van der Waals surface area contributed by atoms with Crippen molar-refractivity contribution in [2.45, 2.75) is 12.1 Å². The number of aromatic nitrogens is 3. The molecular weight excluding hydrogens is 436 g/mol. The molecule has 1 fully saturated rings. The molecule has 1 aliphatic heterocycles. The standard InChI is InChI=1S/C22H23ClN4O3S/c1-2-30-19-8-6-18(7-9-19)27-21(16-4-3-5-17(23)14-16)24-25-22(27)31-15-20(28)26-10-12-29-13-11-26/h3-9,14H,2,10-13,15H2,1H3. The van der Waals surface area contributed by atoms with Gasteiger partial charge in [-0.15, -0.1) is 10.2 Å². The lowest BCUT2D eigenvalue weighted by molar-refractivity contribution is -0.132. The maximum absolute atomic E-state index is 12.6. The summed E-state index contributed by atoms with van der Waals surface area (Å²) in [7, 11) is 0. The van der Waals surface area contributed by atoms with Crippen LogP contribution in [0, 0.1) is 0 Å². The Morgan fingerprint density at radius 1 is 1.16 bits per heavy atom. The molecule has 0 saturated carbocycles. The maximum atomic E-state index is 12.6. The number of ether oxygens (including phenoxy) is 2. The van der Waals surface area contributed by atoms with Crippen LogP contribution in [-0.4, -0.2) is 64.2 Å². The number of nitrogens with zero attached hydrogens (tertiary/aromatic N) is 4. The molecule has 1 aliphatic rings. The van der Waals surface area contributed by atoms with Crippen LogP contribution in [0.15, 0.2) is 53.7 Å². The topological polar surface area (TPSA) is 69.5 Å². The second-order valence-corrected chi connectivity index (χ2v) is 8.24. The van der Waals surface area contributed by atoms with Crippen LogP contribution in [0.3, 0.4) is 0 Å². The minimum Gasteiger partial charge on any atom is -0.494 e. The van der Waals surface area contributed by atoms with Crippen molar-refractivity contribution in [1.82, 2.24) is 19.7 Å². The molecule has 0 aliphatic carbocycles. The van der Waals surface area contributed by atoms with E-state index in [1.54, 1.807) is 0 Å². The van der Waals surface area contributed by atoms with E-state index in [9.17, 15) is 4.79 Å². The molecule has 1 aromatic heterocycles. The third-order valence-corrected chi connectivity index (χ3v) is 5.96. The van der Waals surface area contributed by atoms with Crippen molar-refractivity contribution in [3.05, 3.63) is 53.6 Å². The highest BCUT2D eigenvalue weighted by atomic mass is 35.5. The van der Waals surface area contributed by atoms with Crippen molar-refractivity contribution in [2.24, 2.45) is 0 Å². The molecule has 1 amide bonds. The van der Waals surface area contributed by atoms with Crippen LogP contribution in [0.1, 0.15) is 6.92 Å². The molecular formula is C22H23ClN4O3S. The van der Waals surface area contributed by atoms with Crippen LogP contribution in [-0.2, 0) is 9.53 Å². The Hall–Kier alpha value is -2.55. The lowest BCUT2D eigenvalue weighted by Crippen LogP contribution is -2.41. The van der Waals surface area contributed by atoms with E-state index in [1.807, 2.05) is 64.9 Å². The Balaban J connectivity index is 1.64. The van der Waals surface area contributed by atoms with E-state index in [4.69, 9.17) is 21.1 Å². The minimum atomic E-state index is 0.0684. The van der Waals surface area contributed by atoms with Gasteiger partial charge in [0.25, 0.3) is 0 Å². The van der Waals surface area contributed by atoms with Crippen molar-refractivity contribution < 1.29 is 14.3 Å². The van der Waals surface area contributed by atoms with E-state index in [-0.39, 0.29) is 11.7 Å². The number of hydrogen-bond acceptors (Lipinski definition) is 6. The molecule has 9 heteroatoms. The number of carbonyl (C=O) groups excluding carboxylic acids is 1. The fraction of sp³-hybridized carbons (Fsp3) is 0.318. The van der Waals surface area contributed by atoms with Gasteiger partial charge in [0, 0.05) is 29.4 Å². The van der Waals surface area contributed by atoms with E-state index in [0.29, 0.717) is 48.9 Å². The predicted octanol–water partition coefficient (Wildman–Crippen LogP) is 3.94. The fourth-order valence-electron chi connectivity index (χ4n) is 3.30. The molecule has 1 saturated heterocycles. The summed E-state index contributed by atoms with van der Waals surface area (Å²) in [6, 6.07) is 15.2. The molecule has 4 rings (SSSR count). The third kappa shape index (κ3) is 5.20. The highest BCUT2D eigenvalue weighted by Gasteiger charge is 2.21. The number of amides is 1. The first-order chi connectivity index (χ1) is 15.2. The van der Waals surface area contributed by atoms with E-state index < -0.39 is 0 Å². The Labute approximate surface area is 190 Å². The summed E-state index contributed by atoms with van der Waals surface area (Å²) in [5, 5.41) is 10.1. The number of rotatable bonds is 7. The van der Waals surface area contributed by atoms with Gasteiger partial charge >= 0.3 is 0 Å². The number of benzene rings is 2. The van der Waals surface area contributed by atoms with Gasteiger partial charge in [-0.25, -0.2) is 0 Å². The van der Waals surface area contributed by atoms with Crippen molar-refractivity contribution in [1.29, 1.82) is 0 Å². The molecule has 0 unspecified atom stereocenters. The molecule has 0 N–H and O–H groups in total. The third-order valence-electron chi connectivity index (χ3n) is 4.81. The van der Waals surface area contributed by atoms with Gasteiger partial charge in [0.15, 0.2) is 11.0 Å². The first kappa shape index (κ1) is 21.7. The van der Waals surface area contributed by atoms with E-state index in [0.717, 1.165) is 17.0 Å². The van der Waals surface area contributed by atoms with Crippen LogP contribution in [0.4, 0.5) is 0 Å². The van der Waals surface area contributed by atoms with Crippen LogP contribution < -0.4 is 4.74 Å². The van der Waals surface area contributed by atoms with Gasteiger partial charge in [0.05, 0.1) is 25.6 Å². The number of hydrogen-bond donors (Lipinski definition) is 0. The van der Waals surface area contributed by atoms with E-state index in [1.165, 1.54) is 11.8 Å². The summed E-state index contributed by atoms with van der Waals surface area (Å²) in [5.41, 5.74) is 1.73. The summed E-state index contributed by atoms with van der Waals surface area (Å²) in [5.74, 6) is 1.80. The molecule has 31 heavy (non-hydrogen) atoms. The quantitative estimate of drug-likeness (QED) is 0.499. The summed E-state index contributed by atoms with van der Waals surface area (Å²) < 4.78 is 12.8. The Bertz CT molecular complexity index is 1040. The zero-order valence-corrected chi connectivity index (χ0v) is 18.7. The van der Waals surface area contributed by atoms with Crippen LogP contribution in [0.5, 0.6) is 5.75 Å². The zero-order valence-electron chi connectivity index (χ0n) is 17.2. The average molecular weight is 459 g/mol. The lowest BCUT2D eigenvalue weighted by Gasteiger charge is -2.26. The first-order valence-electron chi connectivity index (χ1n) is 10.1. The monoisotopic (exact) mass is 458 g/mol. The van der Waals surface area contributed by atoms with Crippen molar-refractivity contribution >= 4 is 29.3 Å². The molecule has 0 atom stereocenters. The highest BCUT2D eigenvalue weighted by molar-refractivity contribution is 7.99. The molecule has 3 aromatic rings. The summed E-state index contributed by atoms with van der Waals surface area (Å²) >= 11 is 7.58. The van der Waals surface area contributed by atoms with Crippen molar-refractivity contribution in [3.63, 3.8) is 0 Å². The Morgan fingerprint density at radius 3 is 2.65 bits per heavy atom. The molecule has 7 nitrogen and oxygen atoms in total. The van der Waals surface area contributed by atoms with Gasteiger partial charge in [0.2, 0.25) is 5.91 Å². The van der Waals surface area contributed by atoms with Crippen molar-refractivity contribution in [3.8, 4) is 22.8 Å². The Kier molecular flexibility index (Phi) is 7.11. The maximum Gasteiger partial charge on any atom is 0.233 e. The molecule has 2 heterocycles. The van der Waals surface area contributed by atoms with Gasteiger partial charge in [-0.3, -0.25) is 9.36 Å². The summed E-state index contributed by atoms with van der Waals surface area (Å²) in [6.07, 6.45) is 0. The smallest absolute Gasteiger partial charge is 0.233 e. The normalized spacial score (nSPS) is 13.9. The largest absolute Gasteiger partial charge is 0.494 e. The predicted molar refractivity (Wildman–Crippen MR) is 121 cm³/mol. The second kappa shape index (κ2) is 10.2. The van der Waals surface area contributed by atoms with Gasteiger partial charge in [-0.2, -0.15) is 0 Å². The van der Waals surface area contributed by atoms with Crippen molar-refractivity contribution in [2.75, 3.05) is 38.7 Å². The van der Waals surface area contributed by atoms with Crippen LogP contribution in [0.25, 0.3) is 17.1 Å². The molecule has 2 aromatic carbocycles. The number of halogens is 1. The fourth-order valence-corrected chi connectivity index (χ4v) is 4.34. The molecule has 0 bridgehead atoms. The minimum absolute atomic E-state index is 0.0684. The van der Waals surface area contributed by atoms with Crippen LogP contribution in [0.2, 0.25) is 5.02 Å². The molecule has 0 radical (unpaired) electrons. The van der Waals surface area contributed by atoms with Crippen LogP contribution >= 0.6 is 23.4 Å². The zero-order chi connectivity index (χ0) is 21.6. The first-order valence-corrected chi connectivity index (χ1v) is 11.4. The average Bonchev–Trinajstić information content (AvgIpc) is 3.23. The summed E-state index contributed by atoms with van der Waals surface area (Å²) in [6.45, 7) is 4.96. The SMILES string of the molecule is CCOc1ccc(-n2c(SCC(=O)N3CCOCC3)nnc2-c2cccc(Cl)c2)cc1. The van der Waals surface area contributed by atoms with Gasteiger partial charge < -0.3 is 14.4 Å². The number of carbonyl (C=O) groups is 1. The Morgan fingerprint density at radius 2 is 1.94 bits per heavy atom. The highest BCUT2D eigenvalue weighted by Crippen LogP contribution is 2.30. The van der Waals surface area contributed by atoms with E-state index in [2.05, 4.69) is 10.2 Å². The summed E-state index contributed by atoms with van der Waals surface area (Å²) in [4.78, 5) is 14.4. The molecule has 0 spiro atoms.